The van der Waals surface area contributed by atoms with Gasteiger partial charge in [0.25, 0.3) is 0 Å². The maximum atomic E-state index is 6.22. The van der Waals surface area contributed by atoms with Gasteiger partial charge < -0.3 is 4.42 Å². The summed E-state index contributed by atoms with van der Waals surface area (Å²) >= 11 is 12.2. The summed E-state index contributed by atoms with van der Waals surface area (Å²) in [6.07, 6.45) is 0.949. The van der Waals surface area contributed by atoms with Crippen LogP contribution in [0.1, 0.15) is 19.2 Å². The summed E-state index contributed by atoms with van der Waals surface area (Å²) in [5.41, 5.74) is 1.57. The topological polar surface area (TPSA) is 85.8 Å². The van der Waals surface area contributed by atoms with Gasteiger partial charge in [-0.3, -0.25) is 4.90 Å². The molecule has 0 unspecified atom stereocenters. The van der Waals surface area contributed by atoms with E-state index in [1.54, 1.807) is 23.0 Å². The van der Waals surface area contributed by atoms with Crippen molar-refractivity contribution in [3.8, 4) is 22.8 Å². The summed E-state index contributed by atoms with van der Waals surface area (Å²) in [5, 5.41) is 22.3. The standard InChI is InChI=1S/C20H19Cl2N7O/c1-2-11-28(12-18-23-25-20(30-18)16-5-3-4-6-17(16)22)13-29-26-19(24-27-29)14-7-9-15(21)10-8-14/h3-10H,2,11-13H2,1H3. The third-order valence-electron chi connectivity index (χ3n) is 4.35. The molecular formula is C20H19Cl2N7O. The Kier molecular flexibility index (Phi) is 6.37. The lowest BCUT2D eigenvalue weighted by atomic mass is 10.2. The summed E-state index contributed by atoms with van der Waals surface area (Å²) < 4.78 is 5.82. The average Bonchev–Trinajstić information content (AvgIpc) is 3.39. The van der Waals surface area contributed by atoms with E-state index >= 15 is 0 Å². The van der Waals surface area contributed by atoms with Crippen LogP contribution in [0.25, 0.3) is 22.8 Å². The van der Waals surface area contributed by atoms with Gasteiger partial charge in [0.15, 0.2) is 0 Å². The summed E-state index contributed by atoms with van der Waals surface area (Å²) in [7, 11) is 0. The molecule has 0 saturated heterocycles. The van der Waals surface area contributed by atoms with Gasteiger partial charge in [0, 0.05) is 17.1 Å². The molecule has 10 heteroatoms. The van der Waals surface area contributed by atoms with E-state index in [-0.39, 0.29) is 0 Å². The second kappa shape index (κ2) is 9.34. The minimum atomic E-state index is 0.399. The first-order valence-electron chi connectivity index (χ1n) is 9.45. The third-order valence-corrected chi connectivity index (χ3v) is 4.93. The number of aromatic nitrogens is 6. The third kappa shape index (κ3) is 4.84. The number of nitrogens with zero attached hydrogens (tertiary/aromatic N) is 7. The molecule has 0 amide bonds. The highest BCUT2D eigenvalue weighted by atomic mass is 35.5. The van der Waals surface area contributed by atoms with Gasteiger partial charge >= 0.3 is 0 Å². The Balaban J connectivity index is 1.46. The largest absolute Gasteiger partial charge is 0.419 e. The smallest absolute Gasteiger partial charge is 0.249 e. The highest BCUT2D eigenvalue weighted by Gasteiger charge is 2.16. The lowest BCUT2D eigenvalue weighted by Crippen LogP contribution is -2.28. The van der Waals surface area contributed by atoms with Crippen LogP contribution in [0, 0.1) is 0 Å². The number of rotatable bonds is 8. The van der Waals surface area contributed by atoms with Gasteiger partial charge in [0.2, 0.25) is 17.6 Å². The van der Waals surface area contributed by atoms with E-state index in [1.807, 2.05) is 30.3 Å². The van der Waals surface area contributed by atoms with Crippen molar-refractivity contribution in [3.05, 3.63) is 64.5 Å². The first-order valence-corrected chi connectivity index (χ1v) is 10.2. The molecule has 8 nitrogen and oxygen atoms in total. The molecule has 0 atom stereocenters. The van der Waals surface area contributed by atoms with E-state index in [4.69, 9.17) is 27.6 Å². The molecule has 0 N–H and O–H groups in total. The van der Waals surface area contributed by atoms with Gasteiger partial charge in [-0.15, -0.1) is 25.2 Å². The van der Waals surface area contributed by atoms with Gasteiger partial charge in [0.1, 0.15) is 6.67 Å². The monoisotopic (exact) mass is 443 g/mol. The molecular weight excluding hydrogens is 425 g/mol. The number of hydrogen-bond acceptors (Lipinski definition) is 7. The summed E-state index contributed by atoms with van der Waals surface area (Å²) in [5.74, 6) is 1.44. The summed E-state index contributed by atoms with van der Waals surface area (Å²) in [4.78, 5) is 3.65. The Morgan fingerprint density at radius 2 is 1.80 bits per heavy atom. The molecule has 2 aromatic heterocycles. The average molecular weight is 444 g/mol. The Morgan fingerprint density at radius 1 is 1.00 bits per heavy atom. The fraction of sp³-hybridized carbons (Fsp3) is 0.250. The predicted molar refractivity (Wildman–Crippen MR) is 114 cm³/mol. The predicted octanol–water partition coefficient (Wildman–Crippen LogP) is 4.57. The lowest BCUT2D eigenvalue weighted by Gasteiger charge is -2.18. The van der Waals surface area contributed by atoms with Crippen molar-refractivity contribution in [2.24, 2.45) is 0 Å². The van der Waals surface area contributed by atoms with Crippen LogP contribution in [-0.2, 0) is 13.2 Å². The van der Waals surface area contributed by atoms with E-state index in [9.17, 15) is 0 Å². The molecule has 0 bridgehead atoms. The molecule has 0 aliphatic rings. The Morgan fingerprint density at radius 3 is 2.57 bits per heavy atom. The molecule has 0 saturated carbocycles. The second-order valence-corrected chi connectivity index (χ2v) is 7.51. The molecule has 2 aromatic carbocycles. The zero-order chi connectivity index (χ0) is 20.9. The molecule has 0 fully saturated rings. The quantitative estimate of drug-likeness (QED) is 0.394. The lowest BCUT2D eigenvalue weighted by molar-refractivity contribution is 0.168. The van der Waals surface area contributed by atoms with Crippen LogP contribution in [-0.4, -0.2) is 41.8 Å². The maximum Gasteiger partial charge on any atom is 0.249 e. The van der Waals surface area contributed by atoms with Crippen LogP contribution < -0.4 is 0 Å². The van der Waals surface area contributed by atoms with Crippen molar-refractivity contribution in [1.82, 2.24) is 35.3 Å². The van der Waals surface area contributed by atoms with Crippen molar-refractivity contribution in [3.63, 3.8) is 0 Å². The van der Waals surface area contributed by atoms with Crippen LogP contribution in [0.15, 0.2) is 52.9 Å². The van der Waals surface area contributed by atoms with Crippen molar-refractivity contribution in [1.29, 1.82) is 0 Å². The number of benzene rings is 2. The van der Waals surface area contributed by atoms with Crippen LogP contribution in [0.3, 0.4) is 0 Å². The van der Waals surface area contributed by atoms with E-state index in [2.05, 4.69) is 37.4 Å². The minimum absolute atomic E-state index is 0.399. The van der Waals surface area contributed by atoms with Crippen LogP contribution in [0.2, 0.25) is 10.0 Å². The van der Waals surface area contributed by atoms with Crippen molar-refractivity contribution >= 4 is 23.2 Å². The minimum Gasteiger partial charge on any atom is -0.419 e. The van der Waals surface area contributed by atoms with Crippen molar-refractivity contribution < 1.29 is 4.42 Å². The highest BCUT2D eigenvalue weighted by molar-refractivity contribution is 6.33. The van der Waals surface area contributed by atoms with E-state index in [1.165, 1.54) is 0 Å². The molecule has 0 aliphatic carbocycles. The molecule has 2 heterocycles. The fourth-order valence-electron chi connectivity index (χ4n) is 2.96. The Bertz CT molecular complexity index is 1110. The number of hydrogen-bond donors (Lipinski definition) is 0. The van der Waals surface area contributed by atoms with Gasteiger partial charge in [-0.25, -0.2) is 0 Å². The summed E-state index contributed by atoms with van der Waals surface area (Å²) in [6, 6.07) is 14.7. The van der Waals surface area contributed by atoms with Gasteiger partial charge in [0.05, 0.1) is 17.1 Å². The zero-order valence-electron chi connectivity index (χ0n) is 16.2. The number of tetrazole rings is 1. The molecule has 4 aromatic rings. The van der Waals surface area contributed by atoms with Crippen LogP contribution in [0.5, 0.6) is 0 Å². The van der Waals surface area contributed by atoms with Crippen molar-refractivity contribution in [2.45, 2.75) is 26.6 Å². The molecule has 0 aliphatic heterocycles. The Labute approximate surface area is 183 Å². The van der Waals surface area contributed by atoms with E-state index in [0.29, 0.717) is 46.4 Å². The van der Waals surface area contributed by atoms with Gasteiger partial charge in [-0.05, 0) is 48.0 Å². The zero-order valence-corrected chi connectivity index (χ0v) is 17.8. The van der Waals surface area contributed by atoms with E-state index < -0.39 is 0 Å². The van der Waals surface area contributed by atoms with Gasteiger partial charge in [-0.2, -0.15) is 0 Å². The summed E-state index contributed by atoms with van der Waals surface area (Å²) in [6.45, 7) is 3.81. The first kappa shape index (κ1) is 20.5. The molecule has 0 radical (unpaired) electrons. The van der Waals surface area contributed by atoms with Crippen LogP contribution in [0.4, 0.5) is 0 Å². The Hall–Kier alpha value is -2.81. The molecule has 154 valence electrons. The number of halogens is 2. The fourth-order valence-corrected chi connectivity index (χ4v) is 3.31. The van der Waals surface area contributed by atoms with Crippen molar-refractivity contribution in [2.75, 3.05) is 6.54 Å². The molecule has 4 rings (SSSR count). The van der Waals surface area contributed by atoms with Gasteiger partial charge in [-0.1, -0.05) is 42.3 Å². The second-order valence-electron chi connectivity index (χ2n) is 6.67. The van der Waals surface area contributed by atoms with E-state index in [0.717, 1.165) is 18.5 Å². The van der Waals surface area contributed by atoms with Crippen LogP contribution >= 0.6 is 23.2 Å². The maximum absolute atomic E-state index is 6.22. The highest BCUT2D eigenvalue weighted by Crippen LogP contribution is 2.26. The first-order chi connectivity index (χ1) is 14.6. The molecule has 0 spiro atoms. The normalized spacial score (nSPS) is 11.3. The molecule has 30 heavy (non-hydrogen) atoms. The SMILES string of the molecule is CCCN(Cc1nnc(-c2ccccc2Cl)o1)Cn1nnc(-c2ccc(Cl)cc2)n1.